The fraction of sp³-hybridized carbons (Fsp3) is 0. The van der Waals surface area contributed by atoms with Gasteiger partial charge in [-0.15, -0.1) is 0 Å². The Morgan fingerprint density at radius 3 is 1.58 bits per heavy atom. The summed E-state index contributed by atoms with van der Waals surface area (Å²) in [6.45, 7) is 0. The van der Waals surface area contributed by atoms with Crippen molar-refractivity contribution in [2.24, 2.45) is 0 Å². The Morgan fingerprint density at radius 2 is 0.891 bits per heavy atom. The zero-order valence-corrected chi connectivity index (χ0v) is 29.6. The van der Waals surface area contributed by atoms with Gasteiger partial charge in [0, 0.05) is 40.3 Å². The van der Waals surface area contributed by atoms with Crippen LogP contribution in [0.15, 0.2) is 197 Å². The number of aromatic nitrogens is 2. The number of hydrogen-bond acceptors (Lipinski definition) is 5. The highest BCUT2D eigenvalue weighted by atomic mass is 16.4. The van der Waals surface area contributed by atoms with E-state index in [0.717, 1.165) is 50.0 Å². The number of anilines is 3. The van der Waals surface area contributed by atoms with Crippen molar-refractivity contribution in [3.8, 4) is 34.0 Å². The van der Waals surface area contributed by atoms with E-state index < -0.39 is 0 Å². The van der Waals surface area contributed by atoms with Gasteiger partial charge in [0.2, 0.25) is 11.8 Å². The average molecular weight is 706 g/mol. The zero-order valence-electron chi connectivity index (χ0n) is 29.6. The number of nitrogens with zero attached hydrogens (tertiary/aromatic N) is 3. The van der Waals surface area contributed by atoms with Crippen LogP contribution in [0.1, 0.15) is 0 Å². The molecule has 0 aliphatic heterocycles. The Balaban J connectivity index is 1.03. The summed E-state index contributed by atoms with van der Waals surface area (Å²) in [6, 6.07) is 65.4. The molecule has 0 saturated heterocycles. The van der Waals surface area contributed by atoms with E-state index in [-0.39, 0.29) is 0 Å². The van der Waals surface area contributed by atoms with Crippen molar-refractivity contribution in [1.29, 1.82) is 0 Å². The molecule has 0 radical (unpaired) electrons. The third kappa shape index (κ3) is 5.41. The molecule has 0 saturated carbocycles. The Labute approximate surface area is 316 Å². The minimum absolute atomic E-state index is 0.594. The van der Waals surface area contributed by atoms with Crippen molar-refractivity contribution < 1.29 is 8.83 Å². The minimum atomic E-state index is 0.594. The molecule has 0 amide bonds. The van der Waals surface area contributed by atoms with Crippen LogP contribution in [0.4, 0.5) is 17.1 Å². The first kappa shape index (κ1) is 31.1. The summed E-state index contributed by atoms with van der Waals surface area (Å²) in [7, 11) is 0. The third-order valence-corrected chi connectivity index (χ3v) is 10.5. The Bertz CT molecular complexity index is 3100. The lowest BCUT2D eigenvalue weighted by atomic mass is 9.93. The van der Waals surface area contributed by atoms with Gasteiger partial charge in [0.1, 0.15) is 11.0 Å². The number of benzene rings is 9. The summed E-state index contributed by atoms with van der Waals surface area (Å²) in [5.41, 5.74) is 10.2. The maximum atomic E-state index is 6.35. The first-order valence-corrected chi connectivity index (χ1v) is 18.4. The van der Waals surface area contributed by atoms with Gasteiger partial charge in [0.15, 0.2) is 11.2 Å². The largest absolute Gasteiger partial charge is 0.436 e. The Kier molecular flexibility index (Phi) is 7.10. The van der Waals surface area contributed by atoms with Crippen LogP contribution < -0.4 is 4.90 Å². The Morgan fingerprint density at radius 1 is 0.345 bits per heavy atom. The maximum Gasteiger partial charge on any atom is 0.227 e. The van der Waals surface area contributed by atoms with Crippen LogP contribution in [0.25, 0.3) is 88.6 Å². The fourth-order valence-corrected chi connectivity index (χ4v) is 7.79. The van der Waals surface area contributed by atoms with Gasteiger partial charge in [-0.1, -0.05) is 109 Å². The predicted octanol–water partition coefficient (Wildman–Crippen LogP) is 13.9. The van der Waals surface area contributed by atoms with E-state index in [2.05, 4.69) is 120 Å². The monoisotopic (exact) mass is 705 g/mol. The van der Waals surface area contributed by atoms with E-state index in [1.165, 1.54) is 32.7 Å². The second-order valence-electron chi connectivity index (χ2n) is 13.8. The molecule has 11 rings (SSSR count). The van der Waals surface area contributed by atoms with Gasteiger partial charge in [-0.05, 0) is 110 Å². The summed E-state index contributed by atoms with van der Waals surface area (Å²) in [5, 5.41) is 7.33. The molecule has 0 spiro atoms. The van der Waals surface area contributed by atoms with Gasteiger partial charge in [-0.25, -0.2) is 9.97 Å². The molecule has 0 bridgehead atoms. The molecular formula is C50H31N3O2. The topological polar surface area (TPSA) is 55.3 Å². The highest BCUT2D eigenvalue weighted by Crippen LogP contribution is 2.41. The number of oxazole rings is 2. The van der Waals surface area contributed by atoms with Gasteiger partial charge in [-0.3, -0.25) is 0 Å². The Hall–Kier alpha value is -7.50. The lowest BCUT2D eigenvalue weighted by Gasteiger charge is -2.25. The first-order chi connectivity index (χ1) is 27.2. The van der Waals surface area contributed by atoms with Crippen molar-refractivity contribution in [3.63, 3.8) is 0 Å². The van der Waals surface area contributed by atoms with Crippen molar-refractivity contribution in [1.82, 2.24) is 9.97 Å². The van der Waals surface area contributed by atoms with Crippen LogP contribution in [-0.4, -0.2) is 9.97 Å². The number of fused-ring (bicyclic) bond motifs is 6. The molecule has 2 aromatic heterocycles. The second-order valence-corrected chi connectivity index (χ2v) is 13.8. The quantitative estimate of drug-likeness (QED) is 0.161. The maximum absolute atomic E-state index is 6.35. The number of hydrogen-bond donors (Lipinski definition) is 0. The first-order valence-electron chi connectivity index (χ1n) is 18.4. The van der Waals surface area contributed by atoms with Crippen LogP contribution in [0, 0.1) is 0 Å². The van der Waals surface area contributed by atoms with Crippen LogP contribution >= 0.6 is 0 Å². The normalized spacial score (nSPS) is 11.6. The molecule has 0 unspecified atom stereocenters. The van der Waals surface area contributed by atoms with E-state index in [1.807, 2.05) is 72.8 Å². The molecule has 0 aliphatic rings. The molecule has 0 aliphatic carbocycles. The molecule has 11 aromatic rings. The van der Waals surface area contributed by atoms with Crippen molar-refractivity contribution in [2.75, 3.05) is 4.90 Å². The molecule has 0 atom stereocenters. The summed E-state index contributed by atoms with van der Waals surface area (Å²) in [4.78, 5) is 11.8. The van der Waals surface area contributed by atoms with Crippen LogP contribution in [0.3, 0.4) is 0 Å². The summed E-state index contributed by atoms with van der Waals surface area (Å²) >= 11 is 0. The molecule has 0 fully saturated rings. The van der Waals surface area contributed by atoms with E-state index in [1.54, 1.807) is 0 Å². The molecule has 258 valence electrons. The molecule has 9 aromatic carbocycles. The standard InChI is InChI=1S/C50H31N3O2/c1-3-11-33(12-4-1)49-51-45-26-23-39(30-47(45)54-49)53(40-24-27-46-48(31-40)55-50(52-46)34-13-5-2-6-14-34)38-22-20-35-28-37(19-18-36(35)29-38)42-16-9-17-43-41-15-8-7-10-32(41)21-25-44(42)43/h1-31H. The van der Waals surface area contributed by atoms with Gasteiger partial charge in [0.25, 0.3) is 0 Å². The third-order valence-electron chi connectivity index (χ3n) is 10.5. The SMILES string of the molecule is c1ccc(-c2nc3ccc(N(c4ccc5cc(-c6cccc7c6ccc6ccccc67)ccc5c4)c4ccc5nc(-c6ccccc6)oc5c4)cc3o2)cc1. The van der Waals surface area contributed by atoms with Crippen molar-refractivity contribution >= 4 is 71.6 Å². The van der Waals surface area contributed by atoms with Gasteiger partial charge in [-0.2, -0.15) is 0 Å². The lowest BCUT2D eigenvalue weighted by molar-refractivity contribution is 0.620. The highest BCUT2D eigenvalue weighted by Gasteiger charge is 2.19. The smallest absolute Gasteiger partial charge is 0.227 e. The van der Waals surface area contributed by atoms with E-state index in [9.17, 15) is 0 Å². The second kappa shape index (κ2) is 12.6. The van der Waals surface area contributed by atoms with E-state index in [0.29, 0.717) is 22.9 Å². The molecule has 55 heavy (non-hydrogen) atoms. The van der Waals surface area contributed by atoms with Crippen LogP contribution in [0.2, 0.25) is 0 Å². The van der Waals surface area contributed by atoms with E-state index >= 15 is 0 Å². The van der Waals surface area contributed by atoms with Crippen LogP contribution in [-0.2, 0) is 0 Å². The summed E-state index contributed by atoms with van der Waals surface area (Å²) in [5.74, 6) is 1.19. The molecule has 0 N–H and O–H groups in total. The fourth-order valence-electron chi connectivity index (χ4n) is 7.79. The molecule has 2 heterocycles. The van der Waals surface area contributed by atoms with Gasteiger partial charge < -0.3 is 13.7 Å². The molecule has 5 nitrogen and oxygen atoms in total. The lowest BCUT2D eigenvalue weighted by Crippen LogP contribution is -2.09. The van der Waals surface area contributed by atoms with Crippen molar-refractivity contribution in [3.05, 3.63) is 188 Å². The molecule has 5 heteroatoms. The van der Waals surface area contributed by atoms with Crippen molar-refractivity contribution in [2.45, 2.75) is 0 Å². The average Bonchev–Trinajstić information content (AvgIpc) is 3.88. The van der Waals surface area contributed by atoms with E-state index in [4.69, 9.17) is 18.8 Å². The summed E-state index contributed by atoms with van der Waals surface area (Å²) < 4.78 is 12.7. The zero-order chi connectivity index (χ0) is 36.3. The highest BCUT2D eigenvalue weighted by molar-refractivity contribution is 6.12. The molecular weight excluding hydrogens is 675 g/mol. The number of rotatable bonds is 6. The summed E-state index contributed by atoms with van der Waals surface area (Å²) in [6.07, 6.45) is 0. The van der Waals surface area contributed by atoms with Gasteiger partial charge >= 0.3 is 0 Å². The minimum Gasteiger partial charge on any atom is -0.436 e. The van der Waals surface area contributed by atoms with Gasteiger partial charge in [0.05, 0.1) is 0 Å². The predicted molar refractivity (Wildman–Crippen MR) is 225 cm³/mol. The van der Waals surface area contributed by atoms with Crippen LogP contribution in [0.5, 0.6) is 0 Å².